The number of ether oxygens (including phenoxy) is 2. The molecule has 3 atom stereocenters. The van der Waals surface area contributed by atoms with Gasteiger partial charge in [-0.3, -0.25) is 14.4 Å². The van der Waals surface area contributed by atoms with Crippen molar-refractivity contribution in [1.82, 2.24) is 15.5 Å². The summed E-state index contributed by atoms with van der Waals surface area (Å²) in [6, 6.07) is 10.9. The number of phenolic OH excluding ortho intramolecular Hbond substituents is 1. The number of para-hydroxylation sites is 1. The number of nitrogens with zero attached hydrogens (tertiary/aromatic N) is 2. The Morgan fingerprint density at radius 2 is 1.53 bits per heavy atom. The van der Waals surface area contributed by atoms with Gasteiger partial charge in [0.2, 0.25) is 17.7 Å². The highest BCUT2D eigenvalue weighted by molar-refractivity contribution is 5.94. The van der Waals surface area contributed by atoms with Gasteiger partial charge < -0.3 is 35.8 Å². The number of nitriles is 1. The van der Waals surface area contributed by atoms with Gasteiger partial charge in [-0.25, -0.2) is 9.59 Å². The number of hydrogen-bond donors (Lipinski definition) is 4. The van der Waals surface area contributed by atoms with Crippen molar-refractivity contribution in [2.45, 2.75) is 97.1 Å². The average Bonchev–Trinajstić information content (AvgIpc) is 2.95. The largest absolute Gasteiger partial charge is 0.507 e. The summed E-state index contributed by atoms with van der Waals surface area (Å²) in [6.07, 6.45) is -1.55. The lowest BCUT2D eigenvalue weighted by atomic mass is 9.97. The van der Waals surface area contributed by atoms with E-state index >= 15 is 0 Å². The third-order valence-electron chi connectivity index (χ3n) is 6.61. The van der Waals surface area contributed by atoms with E-state index < -0.39 is 65.7 Å². The number of rotatable bonds is 13. The highest BCUT2D eigenvalue weighted by Crippen LogP contribution is 2.32. The van der Waals surface area contributed by atoms with E-state index in [1.165, 1.54) is 6.07 Å². The number of amides is 4. The molecular formula is C34H45N5O8. The fraction of sp³-hybridized carbons (Fsp3) is 0.471. The third kappa shape index (κ3) is 12.3. The normalized spacial score (nSPS) is 13.2. The van der Waals surface area contributed by atoms with Gasteiger partial charge >= 0.3 is 12.1 Å². The van der Waals surface area contributed by atoms with Gasteiger partial charge in [-0.1, -0.05) is 48.5 Å². The molecule has 2 aromatic rings. The number of nitrogens with two attached hydrogens (primary N) is 1. The number of benzene rings is 2. The van der Waals surface area contributed by atoms with Gasteiger partial charge in [0, 0.05) is 18.4 Å². The molecule has 0 fully saturated rings. The van der Waals surface area contributed by atoms with Crippen molar-refractivity contribution < 1.29 is 38.6 Å². The summed E-state index contributed by atoms with van der Waals surface area (Å²) in [7, 11) is 0. The first-order valence-electron chi connectivity index (χ1n) is 15.1. The van der Waals surface area contributed by atoms with Gasteiger partial charge in [0.05, 0.1) is 6.07 Å². The maximum atomic E-state index is 14.3. The minimum atomic E-state index is -1.67. The predicted octanol–water partition coefficient (Wildman–Crippen LogP) is 3.32. The number of phenols is 1. The van der Waals surface area contributed by atoms with Crippen LogP contribution in [0.1, 0.15) is 77.1 Å². The summed E-state index contributed by atoms with van der Waals surface area (Å²) >= 11 is 0. The van der Waals surface area contributed by atoms with Gasteiger partial charge in [-0.15, -0.1) is 0 Å². The Morgan fingerprint density at radius 1 is 0.915 bits per heavy atom. The Hall–Kier alpha value is -5.12. The molecule has 4 amide bonds. The highest BCUT2D eigenvalue weighted by atomic mass is 16.6. The summed E-state index contributed by atoms with van der Waals surface area (Å²) in [5.74, 6) is -3.67. The molecule has 13 heteroatoms. The monoisotopic (exact) mass is 651 g/mol. The van der Waals surface area contributed by atoms with Crippen molar-refractivity contribution in [3.05, 3.63) is 65.2 Å². The summed E-state index contributed by atoms with van der Waals surface area (Å²) in [4.78, 5) is 67.1. The van der Waals surface area contributed by atoms with Crippen LogP contribution in [-0.4, -0.2) is 69.6 Å². The summed E-state index contributed by atoms with van der Waals surface area (Å²) in [5.41, 5.74) is 4.54. The van der Waals surface area contributed by atoms with Gasteiger partial charge in [-0.05, 0) is 66.0 Å². The second-order valence-corrected chi connectivity index (χ2v) is 13.0. The molecule has 13 nitrogen and oxygen atoms in total. The lowest BCUT2D eigenvalue weighted by Crippen LogP contribution is -2.55. The van der Waals surface area contributed by atoms with E-state index in [4.69, 9.17) is 15.2 Å². The van der Waals surface area contributed by atoms with Crippen LogP contribution in [0.4, 0.5) is 4.79 Å². The highest BCUT2D eigenvalue weighted by Gasteiger charge is 2.39. The number of alkyl carbamates (subject to hydrolysis) is 1. The van der Waals surface area contributed by atoms with Gasteiger partial charge in [0.15, 0.2) is 0 Å². The fourth-order valence-electron chi connectivity index (χ4n) is 4.59. The van der Waals surface area contributed by atoms with Crippen molar-refractivity contribution in [2.75, 3.05) is 6.54 Å². The Balaban J connectivity index is 2.65. The molecule has 0 spiro atoms. The van der Waals surface area contributed by atoms with E-state index in [1.54, 1.807) is 90.9 Å². The van der Waals surface area contributed by atoms with Crippen LogP contribution in [0.15, 0.2) is 48.5 Å². The second kappa shape index (κ2) is 16.4. The second-order valence-electron chi connectivity index (χ2n) is 13.0. The summed E-state index contributed by atoms with van der Waals surface area (Å²) in [5, 5.41) is 26.0. The van der Waals surface area contributed by atoms with Crippen LogP contribution in [-0.2, 0) is 35.1 Å². The molecular weight excluding hydrogens is 606 g/mol. The molecule has 0 heterocycles. The average molecular weight is 652 g/mol. The zero-order valence-electron chi connectivity index (χ0n) is 28.0. The maximum Gasteiger partial charge on any atom is 0.408 e. The smallest absolute Gasteiger partial charge is 0.408 e. The van der Waals surface area contributed by atoms with E-state index in [-0.39, 0.29) is 30.6 Å². The fourth-order valence-corrected chi connectivity index (χ4v) is 4.59. The van der Waals surface area contributed by atoms with Gasteiger partial charge in [0.25, 0.3) is 0 Å². The minimum Gasteiger partial charge on any atom is -0.507 e. The molecule has 2 rings (SSSR count). The zero-order valence-corrected chi connectivity index (χ0v) is 28.0. The first-order valence-corrected chi connectivity index (χ1v) is 15.1. The first kappa shape index (κ1) is 38.1. The molecule has 0 aliphatic carbocycles. The van der Waals surface area contributed by atoms with E-state index in [2.05, 4.69) is 10.6 Å². The molecule has 0 radical (unpaired) electrons. The molecule has 0 aliphatic rings. The van der Waals surface area contributed by atoms with Crippen LogP contribution < -0.4 is 16.4 Å². The van der Waals surface area contributed by atoms with Crippen molar-refractivity contribution >= 4 is 29.8 Å². The zero-order chi connectivity index (χ0) is 35.5. The number of primary amides is 1. The number of hydrogen-bond acceptors (Lipinski definition) is 9. The van der Waals surface area contributed by atoms with E-state index in [0.717, 1.165) is 4.90 Å². The molecule has 5 N–H and O–H groups in total. The summed E-state index contributed by atoms with van der Waals surface area (Å²) in [6.45, 7) is 10.8. The number of carbonyl (C=O) groups is 5. The Labute approximate surface area is 275 Å². The number of aromatic hydroxyl groups is 1. The van der Waals surface area contributed by atoms with Crippen LogP contribution >= 0.6 is 0 Å². The van der Waals surface area contributed by atoms with E-state index in [9.17, 15) is 34.3 Å². The van der Waals surface area contributed by atoms with Crippen molar-refractivity contribution in [3.8, 4) is 11.8 Å². The van der Waals surface area contributed by atoms with Crippen LogP contribution in [0.3, 0.4) is 0 Å². The van der Waals surface area contributed by atoms with Crippen LogP contribution in [0.25, 0.3) is 0 Å². The molecule has 0 aromatic heterocycles. The molecule has 47 heavy (non-hydrogen) atoms. The SMILES string of the molecule is Cc1cccc(C(C(=O)NC(Cc2ccccc2)C(=O)OC(C)(C)C)N(CC#N)C(=O)C(CCC(N)=O)NC(=O)OC(C)(C)C)c1O. The van der Waals surface area contributed by atoms with Gasteiger partial charge in [0.1, 0.15) is 41.6 Å². The molecule has 0 saturated heterocycles. The summed E-state index contributed by atoms with van der Waals surface area (Å²) < 4.78 is 10.9. The number of carbonyl (C=O) groups excluding carboxylic acids is 5. The maximum absolute atomic E-state index is 14.3. The van der Waals surface area contributed by atoms with E-state index in [1.807, 2.05) is 6.07 Å². The standard InChI is InChI=1S/C34H45N5O8/c1-21-12-11-15-23(28(21)41)27(29(42)37-25(31(44)46-33(2,3)4)20-22-13-9-8-10-14-22)39(19-18-35)30(43)24(16-17-26(36)40)38-32(45)47-34(5,6)7/h8-15,24-25,27,41H,16-17,19-20H2,1-7H3,(H2,36,40)(H,37,42)(H,38,45). The quantitative estimate of drug-likeness (QED) is 0.185. The lowest BCUT2D eigenvalue weighted by molar-refractivity contribution is -0.159. The molecule has 0 bridgehead atoms. The minimum absolute atomic E-state index is 0.0294. The predicted molar refractivity (Wildman–Crippen MR) is 172 cm³/mol. The number of aryl methyl sites for hydroxylation is 1. The Bertz CT molecular complexity index is 1470. The molecule has 0 saturated carbocycles. The van der Waals surface area contributed by atoms with Crippen molar-refractivity contribution in [1.29, 1.82) is 5.26 Å². The number of esters is 1. The van der Waals surface area contributed by atoms with Crippen molar-refractivity contribution in [3.63, 3.8) is 0 Å². The van der Waals surface area contributed by atoms with Crippen molar-refractivity contribution in [2.24, 2.45) is 5.73 Å². The Kier molecular flexibility index (Phi) is 13.3. The number of nitrogens with one attached hydrogen (secondary N) is 2. The first-order chi connectivity index (χ1) is 21.8. The van der Waals surface area contributed by atoms with Crippen LogP contribution in [0.5, 0.6) is 5.75 Å². The van der Waals surface area contributed by atoms with E-state index in [0.29, 0.717) is 11.1 Å². The topological polar surface area (TPSA) is 201 Å². The molecule has 3 unspecified atom stereocenters. The van der Waals surface area contributed by atoms with Crippen LogP contribution in [0.2, 0.25) is 0 Å². The lowest BCUT2D eigenvalue weighted by Gasteiger charge is -2.34. The molecule has 2 aromatic carbocycles. The van der Waals surface area contributed by atoms with Crippen LogP contribution in [0, 0.1) is 18.3 Å². The third-order valence-corrected chi connectivity index (χ3v) is 6.61. The molecule has 254 valence electrons. The Morgan fingerprint density at radius 3 is 2.09 bits per heavy atom. The van der Waals surface area contributed by atoms with Gasteiger partial charge in [-0.2, -0.15) is 5.26 Å². The molecule has 0 aliphatic heterocycles.